The van der Waals surface area contributed by atoms with Crippen LogP contribution in [0.1, 0.15) is 0 Å². The lowest BCUT2D eigenvalue weighted by molar-refractivity contribution is -0.106. The predicted molar refractivity (Wildman–Crippen MR) is 65.1 cm³/mol. The molecular formula is C13H13NO2. The lowest BCUT2D eigenvalue weighted by Gasteiger charge is -2.06. The number of aldehydes is 1. The zero-order valence-corrected chi connectivity index (χ0v) is 9.07. The van der Waals surface area contributed by atoms with Crippen LogP contribution in [-0.2, 0) is 4.79 Å². The van der Waals surface area contributed by atoms with Crippen molar-refractivity contribution in [1.82, 2.24) is 0 Å². The van der Waals surface area contributed by atoms with Crippen molar-refractivity contribution in [2.75, 3.05) is 19.0 Å². The highest BCUT2D eigenvalue weighted by atomic mass is 16.5. The number of nitrogens with one attached hydrogen (secondary N) is 1. The quantitative estimate of drug-likeness (QED) is 0.796. The average molecular weight is 215 g/mol. The Bertz CT molecular complexity index is 508. The van der Waals surface area contributed by atoms with Crippen LogP contribution in [0.25, 0.3) is 10.8 Å². The monoisotopic (exact) mass is 215 g/mol. The molecule has 82 valence electrons. The molecule has 0 spiro atoms. The number of carbonyl (C=O) groups excluding carboxylic acids is 1. The molecule has 0 fully saturated rings. The standard InChI is InChI=1S/C13H13NO2/c1-16-13-5-3-10-8-12(14-6-7-15)4-2-11(10)9-13/h2-5,7-9,14H,6H2,1H3. The van der Waals surface area contributed by atoms with E-state index in [-0.39, 0.29) is 0 Å². The SMILES string of the molecule is COc1ccc2cc(NCC=O)ccc2c1. The number of ether oxygens (including phenoxy) is 1. The van der Waals surface area contributed by atoms with Gasteiger partial charge >= 0.3 is 0 Å². The minimum Gasteiger partial charge on any atom is -0.497 e. The van der Waals surface area contributed by atoms with Crippen molar-refractivity contribution in [2.45, 2.75) is 0 Å². The van der Waals surface area contributed by atoms with E-state index in [4.69, 9.17) is 4.74 Å². The zero-order chi connectivity index (χ0) is 11.4. The minimum absolute atomic E-state index is 0.335. The first kappa shape index (κ1) is 10.5. The predicted octanol–water partition coefficient (Wildman–Crippen LogP) is 2.46. The highest BCUT2D eigenvalue weighted by Crippen LogP contribution is 2.23. The summed E-state index contributed by atoms with van der Waals surface area (Å²) in [5.41, 5.74) is 0.949. The molecule has 0 saturated heterocycles. The van der Waals surface area contributed by atoms with Gasteiger partial charge in [0.15, 0.2) is 0 Å². The third kappa shape index (κ3) is 2.14. The van der Waals surface area contributed by atoms with E-state index in [1.54, 1.807) is 7.11 Å². The fraction of sp³-hybridized carbons (Fsp3) is 0.154. The van der Waals surface area contributed by atoms with E-state index in [0.29, 0.717) is 6.54 Å². The summed E-state index contributed by atoms with van der Waals surface area (Å²) in [6, 6.07) is 11.9. The molecule has 16 heavy (non-hydrogen) atoms. The third-order valence-electron chi connectivity index (χ3n) is 2.44. The molecule has 0 amide bonds. The Labute approximate surface area is 94.0 Å². The first-order valence-corrected chi connectivity index (χ1v) is 5.09. The first-order valence-electron chi connectivity index (χ1n) is 5.09. The topological polar surface area (TPSA) is 38.3 Å². The second-order valence-electron chi connectivity index (χ2n) is 3.48. The van der Waals surface area contributed by atoms with Gasteiger partial charge in [-0.05, 0) is 35.0 Å². The molecule has 0 heterocycles. The summed E-state index contributed by atoms with van der Waals surface area (Å²) in [6.07, 6.45) is 0.845. The Hall–Kier alpha value is -2.03. The molecule has 3 heteroatoms. The van der Waals surface area contributed by atoms with Gasteiger partial charge in [0.05, 0.1) is 13.7 Å². The lowest BCUT2D eigenvalue weighted by atomic mass is 10.1. The molecule has 0 radical (unpaired) electrons. The Morgan fingerprint density at radius 1 is 1.19 bits per heavy atom. The van der Waals surface area contributed by atoms with E-state index in [1.807, 2.05) is 36.4 Å². The molecule has 3 nitrogen and oxygen atoms in total. The molecule has 2 aromatic rings. The summed E-state index contributed by atoms with van der Waals surface area (Å²) in [4.78, 5) is 10.2. The zero-order valence-electron chi connectivity index (χ0n) is 9.07. The van der Waals surface area contributed by atoms with Crippen molar-refractivity contribution in [1.29, 1.82) is 0 Å². The second kappa shape index (κ2) is 4.66. The summed E-state index contributed by atoms with van der Waals surface area (Å²) < 4.78 is 5.16. The van der Waals surface area contributed by atoms with E-state index in [9.17, 15) is 4.79 Å². The van der Waals surface area contributed by atoms with Gasteiger partial charge in [-0.3, -0.25) is 0 Å². The third-order valence-corrected chi connectivity index (χ3v) is 2.44. The van der Waals surface area contributed by atoms with Crippen LogP contribution in [0.2, 0.25) is 0 Å². The molecule has 0 aliphatic heterocycles. The smallest absolute Gasteiger partial charge is 0.139 e. The summed E-state index contributed by atoms with van der Waals surface area (Å²) >= 11 is 0. The van der Waals surface area contributed by atoms with Crippen molar-refractivity contribution in [2.24, 2.45) is 0 Å². The Kier molecular flexibility index (Phi) is 3.05. The van der Waals surface area contributed by atoms with E-state index >= 15 is 0 Å². The summed E-state index contributed by atoms with van der Waals surface area (Å²) in [5.74, 6) is 0.848. The summed E-state index contributed by atoms with van der Waals surface area (Å²) in [5, 5.41) is 5.26. The van der Waals surface area contributed by atoms with Crippen molar-refractivity contribution >= 4 is 22.7 Å². The van der Waals surface area contributed by atoms with Gasteiger partial charge in [-0.25, -0.2) is 0 Å². The van der Waals surface area contributed by atoms with E-state index in [1.165, 1.54) is 0 Å². The van der Waals surface area contributed by atoms with Gasteiger partial charge in [-0.1, -0.05) is 12.1 Å². The molecule has 2 rings (SSSR count). The van der Waals surface area contributed by atoms with Crippen LogP contribution in [0.15, 0.2) is 36.4 Å². The van der Waals surface area contributed by atoms with E-state index in [0.717, 1.165) is 28.5 Å². The van der Waals surface area contributed by atoms with Crippen LogP contribution >= 0.6 is 0 Å². The number of rotatable bonds is 4. The largest absolute Gasteiger partial charge is 0.497 e. The lowest BCUT2D eigenvalue weighted by Crippen LogP contribution is -2.01. The van der Waals surface area contributed by atoms with Crippen LogP contribution in [0.5, 0.6) is 5.75 Å². The molecule has 0 bridgehead atoms. The van der Waals surface area contributed by atoms with Crippen molar-refractivity contribution in [3.8, 4) is 5.75 Å². The van der Waals surface area contributed by atoms with Gasteiger partial charge in [-0.2, -0.15) is 0 Å². The highest BCUT2D eigenvalue weighted by molar-refractivity contribution is 5.87. The van der Waals surface area contributed by atoms with Crippen molar-refractivity contribution in [3.05, 3.63) is 36.4 Å². The molecule has 0 saturated carbocycles. The molecule has 2 aromatic carbocycles. The van der Waals surface area contributed by atoms with E-state index < -0.39 is 0 Å². The maximum atomic E-state index is 10.2. The van der Waals surface area contributed by atoms with Crippen molar-refractivity contribution < 1.29 is 9.53 Å². The Balaban J connectivity index is 2.35. The maximum absolute atomic E-state index is 10.2. The van der Waals surface area contributed by atoms with Gasteiger partial charge in [0.1, 0.15) is 12.0 Å². The fourth-order valence-electron chi connectivity index (χ4n) is 1.62. The number of hydrogen-bond donors (Lipinski definition) is 1. The number of anilines is 1. The van der Waals surface area contributed by atoms with Crippen LogP contribution < -0.4 is 10.1 Å². The van der Waals surface area contributed by atoms with Crippen LogP contribution in [-0.4, -0.2) is 19.9 Å². The maximum Gasteiger partial charge on any atom is 0.139 e. The number of methoxy groups -OCH3 is 1. The fourth-order valence-corrected chi connectivity index (χ4v) is 1.62. The first-order chi connectivity index (χ1) is 7.83. The molecular weight excluding hydrogens is 202 g/mol. The van der Waals surface area contributed by atoms with Crippen LogP contribution in [0.4, 0.5) is 5.69 Å². The van der Waals surface area contributed by atoms with Gasteiger partial charge in [0, 0.05) is 5.69 Å². The van der Waals surface area contributed by atoms with Gasteiger partial charge < -0.3 is 14.8 Å². The van der Waals surface area contributed by atoms with Crippen LogP contribution in [0.3, 0.4) is 0 Å². The number of hydrogen-bond acceptors (Lipinski definition) is 3. The normalized spacial score (nSPS) is 10.1. The Morgan fingerprint density at radius 3 is 2.69 bits per heavy atom. The highest BCUT2D eigenvalue weighted by Gasteiger charge is 1.98. The molecule has 1 N–H and O–H groups in total. The van der Waals surface area contributed by atoms with Gasteiger partial charge in [0.2, 0.25) is 0 Å². The number of fused-ring (bicyclic) bond motifs is 1. The van der Waals surface area contributed by atoms with E-state index in [2.05, 4.69) is 5.32 Å². The van der Waals surface area contributed by atoms with Crippen molar-refractivity contribution in [3.63, 3.8) is 0 Å². The number of carbonyl (C=O) groups is 1. The summed E-state index contributed by atoms with van der Waals surface area (Å²) in [7, 11) is 1.65. The summed E-state index contributed by atoms with van der Waals surface area (Å²) in [6.45, 7) is 0.335. The minimum atomic E-state index is 0.335. The number of benzene rings is 2. The Morgan fingerprint density at radius 2 is 1.94 bits per heavy atom. The molecule has 0 unspecified atom stereocenters. The molecule has 0 aliphatic carbocycles. The van der Waals surface area contributed by atoms with Gasteiger partial charge in [0.25, 0.3) is 0 Å². The molecule has 0 aliphatic rings. The molecule has 0 atom stereocenters. The average Bonchev–Trinajstić information content (AvgIpc) is 2.35. The molecule has 0 aromatic heterocycles. The van der Waals surface area contributed by atoms with Gasteiger partial charge in [-0.15, -0.1) is 0 Å². The van der Waals surface area contributed by atoms with Crippen LogP contribution in [0, 0.1) is 0 Å². The second-order valence-corrected chi connectivity index (χ2v) is 3.48.